The lowest BCUT2D eigenvalue weighted by molar-refractivity contribution is -0.137. The van der Waals surface area contributed by atoms with Crippen LogP contribution in [-0.2, 0) is 22.7 Å². The van der Waals surface area contributed by atoms with Crippen molar-refractivity contribution in [2.24, 2.45) is 5.92 Å². The molecule has 1 aromatic heterocycles. The van der Waals surface area contributed by atoms with Crippen molar-refractivity contribution in [2.75, 3.05) is 5.32 Å². The number of hydrogen-bond acceptors (Lipinski definition) is 5. The molecule has 2 rings (SSSR count). The first-order valence-corrected chi connectivity index (χ1v) is 8.54. The molecule has 2 aromatic rings. The van der Waals surface area contributed by atoms with E-state index in [0.29, 0.717) is 23.4 Å². The predicted octanol–water partition coefficient (Wildman–Crippen LogP) is 1.59. The third-order valence-electron chi connectivity index (χ3n) is 3.67. The van der Waals surface area contributed by atoms with Gasteiger partial charge in [0.05, 0.1) is 12.7 Å². The van der Waals surface area contributed by atoms with E-state index in [2.05, 4.69) is 20.9 Å². The second kappa shape index (κ2) is 8.93. The van der Waals surface area contributed by atoms with Gasteiger partial charge in [-0.3, -0.25) is 14.4 Å². The maximum absolute atomic E-state index is 12.3. The molecule has 144 valence electrons. The zero-order valence-corrected chi connectivity index (χ0v) is 15.5. The fourth-order valence-electron chi connectivity index (χ4n) is 2.43. The highest BCUT2D eigenvalue weighted by Gasteiger charge is 2.11. The van der Waals surface area contributed by atoms with E-state index in [9.17, 15) is 14.4 Å². The molecule has 2 amide bonds. The lowest BCUT2D eigenvalue weighted by Crippen LogP contribution is -2.23. The number of carbonyl (C=O) groups excluding carboxylic acids is 2. The highest BCUT2D eigenvalue weighted by atomic mass is 16.4. The van der Waals surface area contributed by atoms with Crippen LogP contribution in [0, 0.1) is 12.8 Å². The summed E-state index contributed by atoms with van der Waals surface area (Å²) in [4.78, 5) is 34.8. The summed E-state index contributed by atoms with van der Waals surface area (Å²) in [6.07, 6.45) is 1.90. The van der Waals surface area contributed by atoms with Crippen LogP contribution in [-0.4, -0.2) is 37.9 Å². The number of aliphatic carboxylic acids is 1. The molecule has 0 bridgehead atoms. The fraction of sp³-hybridized carbons (Fsp3) is 0.389. The molecular weight excluding hydrogens is 350 g/mol. The smallest absolute Gasteiger partial charge is 0.325 e. The summed E-state index contributed by atoms with van der Waals surface area (Å²) < 4.78 is 1.18. The first-order valence-electron chi connectivity index (χ1n) is 8.54. The molecule has 0 spiro atoms. The summed E-state index contributed by atoms with van der Waals surface area (Å²) in [6, 6.07) is 5.03. The number of benzene rings is 1. The molecule has 3 N–H and O–H groups in total. The van der Waals surface area contributed by atoms with Gasteiger partial charge in [0.15, 0.2) is 0 Å². The normalized spacial score (nSPS) is 10.7. The molecule has 1 heterocycles. The number of amides is 2. The van der Waals surface area contributed by atoms with Crippen LogP contribution in [0.4, 0.5) is 5.69 Å². The van der Waals surface area contributed by atoms with E-state index in [1.165, 1.54) is 10.9 Å². The van der Waals surface area contributed by atoms with E-state index >= 15 is 0 Å². The van der Waals surface area contributed by atoms with Gasteiger partial charge in [0, 0.05) is 17.7 Å². The average Bonchev–Trinajstić information content (AvgIpc) is 3.00. The van der Waals surface area contributed by atoms with Gasteiger partial charge >= 0.3 is 5.97 Å². The SMILES string of the molecule is Cc1cc(C(=O)NCc2cn(CC(=O)O)nn2)ccc1NC(=O)CC(C)C. The second-order valence-corrected chi connectivity index (χ2v) is 6.66. The van der Waals surface area contributed by atoms with E-state index in [4.69, 9.17) is 5.11 Å². The van der Waals surface area contributed by atoms with Gasteiger partial charge in [-0.25, -0.2) is 4.68 Å². The number of carbonyl (C=O) groups is 3. The van der Waals surface area contributed by atoms with E-state index in [1.54, 1.807) is 18.2 Å². The molecule has 1 aromatic carbocycles. The molecule has 27 heavy (non-hydrogen) atoms. The van der Waals surface area contributed by atoms with Crippen LogP contribution >= 0.6 is 0 Å². The van der Waals surface area contributed by atoms with E-state index in [1.807, 2.05) is 20.8 Å². The molecule has 0 saturated heterocycles. The Morgan fingerprint density at radius 1 is 1.26 bits per heavy atom. The van der Waals surface area contributed by atoms with E-state index in [-0.39, 0.29) is 30.8 Å². The molecule has 0 saturated carbocycles. The summed E-state index contributed by atoms with van der Waals surface area (Å²) in [7, 11) is 0. The Bertz CT molecular complexity index is 844. The molecule has 0 aliphatic heterocycles. The fourth-order valence-corrected chi connectivity index (χ4v) is 2.43. The molecule has 9 heteroatoms. The standard InChI is InChI=1S/C18H23N5O4/c1-11(2)6-16(24)20-15-5-4-13(7-12(15)3)18(27)19-8-14-9-23(22-21-14)10-17(25)26/h4-5,7,9,11H,6,8,10H2,1-3H3,(H,19,27)(H,20,24)(H,25,26). The minimum Gasteiger partial charge on any atom is -0.480 e. The van der Waals surface area contributed by atoms with Crippen molar-refractivity contribution in [2.45, 2.75) is 40.3 Å². The number of carboxylic acids is 1. The highest BCUT2D eigenvalue weighted by Crippen LogP contribution is 2.17. The summed E-state index contributed by atoms with van der Waals surface area (Å²) in [5, 5.41) is 21.7. The minimum atomic E-state index is -1.02. The Kier molecular flexibility index (Phi) is 6.64. The molecule has 0 unspecified atom stereocenters. The molecule has 9 nitrogen and oxygen atoms in total. The Morgan fingerprint density at radius 3 is 2.63 bits per heavy atom. The first kappa shape index (κ1) is 20.1. The van der Waals surface area contributed by atoms with Gasteiger partial charge in [0.25, 0.3) is 5.91 Å². The maximum Gasteiger partial charge on any atom is 0.325 e. The summed E-state index contributed by atoms with van der Waals surface area (Å²) in [5.74, 6) is -1.11. The molecular formula is C18H23N5O4. The topological polar surface area (TPSA) is 126 Å². The van der Waals surface area contributed by atoms with Gasteiger partial charge in [-0.15, -0.1) is 5.10 Å². The summed E-state index contributed by atoms with van der Waals surface area (Å²) >= 11 is 0. The Hall–Kier alpha value is -3.23. The van der Waals surface area contributed by atoms with Crippen LogP contribution in [0.25, 0.3) is 0 Å². The quantitative estimate of drug-likeness (QED) is 0.645. The Morgan fingerprint density at radius 2 is 2.00 bits per heavy atom. The largest absolute Gasteiger partial charge is 0.480 e. The number of aryl methyl sites for hydroxylation is 1. The predicted molar refractivity (Wildman–Crippen MR) is 98.1 cm³/mol. The number of carboxylic acid groups (broad SMARTS) is 1. The number of nitrogens with zero attached hydrogens (tertiary/aromatic N) is 3. The van der Waals surface area contributed by atoms with Crippen molar-refractivity contribution in [3.63, 3.8) is 0 Å². The third-order valence-corrected chi connectivity index (χ3v) is 3.67. The van der Waals surface area contributed by atoms with Crippen molar-refractivity contribution in [1.82, 2.24) is 20.3 Å². The molecule has 0 aliphatic rings. The van der Waals surface area contributed by atoms with Gasteiger partial charge in [-0.2, -0.15) is 0 Å². The minimum absolute atomic E-state index is 0.0604. The van der Waals surface area contributed by atoms with Gasteiger partial charge in [-0.05, 0) is 36.6 Å². The van der Waals surface area contributed by atoms with Crippen LogP contribution in [0.3, 0.4) is 0 Å². The summed E-state index contributed by atoms with van der Waals surface area (Å²) in [5.41, 5.74) is 2.37. The van der Waals surface area contributed by atoms with Crippen LogP contribution < -0.4 is 10.6 Å². The van der Waals surface area contributed by atoms with E-state index < -0.39 is 5.97 Å². The molecule has 0 aliphatic carbocycles. The van der Waals surface area contributed by atoms with Gasteiger partial charge in [0.2, 0.25) is 5.91 Å². The first-order chi connectivity index (χ1) is 12.7. The maximum atomic E-state index is 12.3. The number of hydrogen-bond donors (Lipinski definition) is 3. The average molecular weight is 373 g/mol. The number of anilines is 1. The van der Waals surface area contributed by atoms with Crippen LogP contribution in [0.2, 0.25) is 0 Å². The molecule has 0 fully saturated rings. The van der Waals surface area contributed by atoms with Crippen LogP contribution in [0.5, 0.6) is 0 Å². The van der Waals surface area contributed by atoms with Crippen molar-refractivity contribution < 1.29 is 19.5 Å². The van der Waals surface area contributed by atoms with Gasteiger partial charge in [-0.1, -0.05) is 19.1 Å². The molecule has 0 radical (unpaired) electrons. The van der Waals surface area contributed by atoms with E-state index in [0.717, 1.165) is 5.56 Å². The zero-order valence-electron chi connectivity index (χ0n) is 15.5. The number of aromatic nitrogens is 3. The van der Waals surface area contributed by atoms with Crippen molar-refractivity contribution >= 4 is 23.5 Å². The van der Waals surface area contributed by atoms with Crippen molar-refractivity contribution in [1.29, 1.82) is 0 Å². The van der Waals surface area contributed by atoms with Crippen LogP contribution in [0.15, 0.2) is 24.4 Å². The van der Waals surface area contributed by atoms with Crippen molar-refractivity contribution in [3.05, 3.63) is 41.2 Å². The Labute approximate surface area is 156 Å². The zero-order chi connectivity index (χ0) is 20.0. The van der Waals surface area contributed by atoms with Gasteiger partial charge in [0.1, 0.15) is 12.2 Å². The molecule has 0 atom stereocenters. The lowest BCUT2D eigenvalue weighted by atomic mass is 10.1. The summed E-state index contributed by atoms with van der Waals surface area (Å²) in [6.45, 7) is 5.61. The Balaban J connectivity index is 1.94. The lowest BCUT2D eigenvalue weighted by Gasteiger charge is -2.11. The van der Waals surface area contributed by atoms with Gasteiger partial charge < -0.3 is 15.7 Å². The van der Waals surface area contributed by atoms with Crippen molar-refractivity contribution in [3.8, 4) is 0 Å². The number of rotatable bonds is 8. The second-order valence-electron chi connectivity index (χ2n) is 6.66. The third kappa shape index (κ3) is 6.21. The number of nitrogens with one attached hydrogen (secondary N) is 2. The van der Waals surface area contributed by atoms with Crippen LogP contribution in [0.1, 0.15) is 41.9 Å². The monoisotopic (exact) mass is 373 g/mol. The highest BCUT2D eigenvalue weighted by molar-refractivity contribution is 5.96.